The molecule has 2 rings (SSSR count). The second-order valence-corrected chi connectivity index (χ2v) is 7.81. The summed E-state index contributed by atoms with van der Waals surface area (Å²) in [6.07, 6.45) is 2.39. The second-order valence-electron chi connectivity index (χ2n) is 7.44. The molecule has 6 N–H and O–H groups in total. The summed E-state index contributed by atoms with van der Waals surface area (Å²) in [5.41, 5.74) is 7.89. The van der Waals surface area contributed by atoms with Gasteiger partial charge in [0.05, 0.1) is 6.04 Å². The van der Waals surface area contributed by atoms with E-state index in [9.17, 15) is 19.5 Å². The van der Waals surface area contributed by atoms with Gasteiger partial charge in [-0.15, -0.1) is 0 Å². The number of carboxylic acid groups (broad SMARTS) is 1. The molecule has 0 spiro atoms. The fourth-order valence-electron chi connectivity index (χ4n) is 3.07. The molecule has 0 saturated heterocycles. The average Bonchev–Trinajstić information content (AvgIpc) is 3.07. The number of hydrogen-bond acceptors (Lipinski definition) is 5. The molecule has 0 aliphatic rings. The predicted molar refractivity (Wildman–Crippen MR) is 115 cm³/mol. The summed E-state index contributed by atoms with van der Waals surface area (Å²) >= 11 is 4.11. The maximum atomic E-state index is 12.5. The average molecular weight is 421 g/mol. The van der Waals surface area contributed by atoms with Gasteiger partial charge in [-0.2, -0.15) is 12.6 Å². The first-order valence-electron chi connectivity index (χ1n) is 9.47. The minimum absolute atomic E-state index is 0.0192. The van der Waals surface area contributed by atoms with Crippen molar-refractivity contribution in [2.45, 2.75) is 44.8 Å². The number of benzene rings is 1. The van der Waals surface area contributed by atoms with E-state index in [2.05, 4.69) is 28.2 Å². The van der Waals surface area contributed by atoms with E-state index in [1.807, 2.05) is 44.3 Å². The van der Waals surface area contributed by atoms with E-state index in [-0.39, 0.29) is 18.1 Å². The quantitative estimate of drug-likeness (QED) is 0.319. The van der Waals surface area contributed by atoms with E-state index in [1.54, 1.807) is 0 Å². The first-order chi connectivity index (χ1) is 13.7. The van der Waals surface area contributed by atoms with Crippen LogP contribution in [-0.2, 0) is 20.8 Å². The van der Waals surface area contributed by atoms with Crippen LogP contribution < -0.4 is 16.4 Å². The number of nitrogens with one attached hydrogen (secondary N) is 3. The van der Waals surface area contributed by atoms with E-state index in [0.717, 1.165) is 16.5 Å². The van der Waals surface area contributed by atoms with Gasteiger partial charge in [0.2, 0.25) is 11.8 Å². The minimum Gasteiger partial charge on any atom is -0.480 e. The summed E-state index contributed by atoms with van der Waals surface area (Å²) in [5.74, 6) is -2.11. The number of aromatic nitrogens is 1. The van der Waals surface area contributed by atoms with Gasteiger partial charge >= 0.3 is 5.97 Å². The minimum atomic E-state index is -1.12. The van der Waals surface area contributed by atoms with Crippen molar-refractivity contribution in [3.05, 3.63) is 36.0 Å². The van der Waals surface area contributed by atoms with E-state index >= 15 is 0 Å². The van der Waals surface area contributed by atoms with Gasteiger partial charge < -0.3 is 26.5 Å². The molecule has 0 aliphatic heterocycles. The van der Waals surface area contributed by atoms with Crippen molar-refractivity contribution in [3.8, 4) is 0 Å². The Morgan fingerprint density at radius 2 is 1.79 bits per heavy atom. The smallest absolute Gasteiger partial charge is 0.326 e. The molecule has 0 radical (unpaired) electrons. The van der Waals surface area contributed by atoms with Crippen molar-refractivity contribution >= 4 is 41.3 Å². The number of carboxylic acids is 1. The zero-order valence-corrected chi connectivity index (χ0v) is 17.4. The van der Waals surface area contributed by atoms with Gasteiger partial charge in [0.15, 0.2) is 0 Å². The van der Waals surface area contributed by atoms with Gasteiger partial charge in [0.1, 0.15) is 12.1 Å². The molecule has 2 amide bonds. The summed E-state index contributed by atoms with van der Waals surface area (Å²) in [6, 6.07) is 4.82. The van der Waals surface area contributed by atoms with Crippen LogP contribution in [-0.4, -0.2) is 51.8 Å². The normalized spacial score (nSPS) is 14.4. The van der Waals surface area contributed by atoms with E-state index in [1.165, 1.54) is 0 Å². The fourth-order valence-corrected chi connectivity index (χ4v) is 3.33. The van der Waals surface area contributed by atoms with Gasteiger partial charge in [-0.25, -0.2) is 4.79 Å². The Balaban J connectivity index is 1.98. The van der Waals surface area contributed by atoms with Crippen molar-refractivity contribution in [2.24, 2.45) is 11.7 Å². The Hall–Kier alpha value is -2.52. The highest BCUT2D eigenvalue weighted by Crippen LogP contribution is 2.18. The van der Waals surface area contributed by atoms with Crippen LogP contribution >= 0.6 is 12.6 Å². The lowest BCUT2D eigenvalue weighted by Gasteiger charge is -2.22. The second kappa shape index (κ2) is 10.3. The molecular weight excluding hydrogens is 392 g/mol. The number of carbonyl (C=O) groups excluding carboxylic acids is 2. The third-order valence-corrected chi connectivity index (χ3v) is 4.95. The molecule has 0 bridgehead atoms. The fraction of sp³-hybridized carbons (Fsp3) is 0.450. The van der Waals surface area contributed by atoms with Crippen molar-refractivity contribution < 1.29 is 19.5 Å². The number of carbonyl (C=O) groups is 3. The van der Waals surface area contributed by atoms with Crippen LogP contribution in [0.4, 0.5) is 0 Å². The number of hydrogen-bond donors (Lipinski definition) is 6. The van der Waals surface area contributed by atoms with Crippen LogP contribution in [0.5, 0.6) is 0 Å². The number of H-pyrrole nitrogens is 1. The van der Waals surface area contributed by atoms with Crippen LogP contribution in [0.15, 0.2) is 30.5 Å². The number of rotatable bonds is 10. The molecule has 1 aromatic carbocycles. The Bertz CT molecular complexity index is 867. The molecule has 0 aliphatic carbocycles. The summed E-state index contributed by atoms with van der Waals surface area (Å²) in [6.45, 7) is 3.73. The molecular formula is C20H28N4O4S. The third-order valence-electron chi connectivity index (χ3n) is 4.59. The Labute approximate surface area is 175 Å². The van der Waals surface area contributed by atoms with Crippen molar-refractivity contribution in [1.82, 2.24) is 15.6 Å². The number of para-hydroxylation sites is 1. The van der Waals surface area contributed by atoms with E-state index in [0.29, 0.717) is 6.42 Å². The molecule has 3 unspecified atom stereocenters. The molecule has 8 nitrogen and oxygen atoms in total. The lowest BCUT2D eigenvalue weighted by molar-refractivity contribution is -0.142. The van der Waals surface area contributed by atoms with Crippen molar-refractivity contribution in [1.29, 1.82) is 0 Å². The monoisotopic (exact) mass is 420 g/mol. The number of thiol groups is 1. The van der Waals surface area contributed by atoms with Crippen molar-refractivity contribution in [2.75, 3.05) is 5.75 Å². The van der Waals surface area contributed by atoms with Crippen LogP contribution in [0, 0.1) is 5.92 Å². The predicted octanol–water partition coefficient (Wildman–Crippen LogP) is 1.07. The largest absolute Gasteiger partial charge is 0.480 e. The van der Waals surface area contributed by atoms with Gasteiger partial charge in [0, 0.05) is 22.9 Å². The van der Waals surface area contributed by atoms with Crippen molar-refractivity contribution in [3.63, 3.8) is 0 Å². The van der Waals surface area contributed by atoms with Crippen LogP contribution in [0.2, 0.25) is 0 Å². The molecule has 0 saturated carbocycles. The lowest BCUT2D eigenvalue weighted by Crippen LogP contribution is -2.55. The summed E-state index contributed by atoms with van der Waals surface area (Å²) in [5, 5.41) is 15.3. The first kappa shape index (κ1) is 22.8. The molecule has 29 heavy (non-hydrogen) atoms. The van der Waals surface area contributed by atoms with E-state index in [4.69, 9.17) is 5.73 Å². The van der Waals surface area contributed by atoms with Gasteiger partial charge in [-0.1, -0.05) is 32.0 Å². The number of nitrogens with two attached hydrogens (primary N) is 1. The van der Waals surface area contributed by atoms with Gasteiger partial charge in [-0.3, -0.25) is 9.59 Å². The van der Waals surface area contributed by atoms with Gasteiger partial charge in [0.25, 0.3) is 0 Å². The highest BCUT2D eigenvalue weighted by atomic mass is 32.1. The molecule has 1 heterocycles. The number of fused-ring (bicyclic) bond motifs is 1. The standard InChI is InChI=1S/C20H28N4O4S/c1-11(2)7-16(20(27)28)23-19(26)17(10-29)24-18(25)14(21)8-12-9-22-15-6-4-3-5-13(12)15/h3-6,9,11,14,16-17,22,29H,7-8,10,21H2,1-2H3,(H,23,26)(H,24,25)(H,27,28). The topological polar surface area (TPSA) is 137 Å². The zero-order chi connectivity index (χ0) is 21.6. The molecule has 0 fully saturated rings. The summed E-state index contributed by atoms with van der Waals surface area (Å²) < 4.78 is 0. The molecule has 1 aromatic heterocycles. The first-order valence-corrected chi connectivity index (χ1v) is 10.1. The maximum Gasteiger partial charge on any atom is 0.326 e. The van der Waals surface area contributed by atoms with Crippen LogP contribution in [0.3, 0.4) is 0 Å². The Morgan fingerprint density at radius 1 is 1.14 bits per heavy atom. The highest BCUT2D eigenvalue weighted by Gasteiger charge is 2.27. The molecule has 158 valence electrons. The van der Waals surface area contributed by atoms with E-state index < -0.39 is 35.9 Å². The zero-order valence-electron chi connectivity index (χ0n) is 16.5. The lowest BCUT2D eigenvalue weighted by atomic mass is 10.0. The molecule has 3 atom stereocenters. The SMILES string of the molecule is CC(C)CC(NC(=O)C(CS)NC(=O)C(N)Cc1c[nH]c2ccccc12)C(=O)O. The summed E-state index contributed by atoms with van der Waals surface area (Å²) in [7, 11) is 0. The Kier molecular flexibility index (Phi) is 8.10. The molecule has 2 aromatic rings. The number of aromatic amines is 1. The highest BCUT2D eigenvalue weighted by molar-refractivity contribution is 7.80. The number of aliphatic carboxylic acids is 1. The van der Waals surface area contributed by atoms with Gasteiger partial charge in [-0.05, 0) is 30.4 Å². The molecule has 9 heteroatoms. The third kappa shape index (κ3) is 6.23. The van der Waals surface area contributed by atoms with Crippen LogP contribution in [0.1, 0.15) is 25.8 Å². The Morgan fingerprint density at radius 3 is 2.41 bits per heavy atom. The van der Waals surface area contributed by atoms with Crippen LogP contribution in [0.25, 0.3) is 10.9 Å². The maximum absolute atomic E-state index is 12.5. The summed E-state index contributed by atoms with van der Waals surface area (Å²) in [4.78, 5) is 39.4. The number of amides is 2.